The van der Waals surface area contributed by atoms with Crippen molar-refractivity contribution in [3.05, 3.63) is 0 Å². The number of carbonyl (C=O) groups excluding carboxylic acids is 1. The molecule has 1 heterocycles. The van der Waals surface area contributed by atoms with Crippen molar-refractivity contribution < 1.29 is 24.3 Å². The Morgan fingerprint density at radius 3 is 2.50 bits per heavy atom. The Labute approximate surface area is 105 Å². The second-order valence-corrected chi connectivity index (χ2v) is 5.01. The molecule has 0 radical (unpaired) electrons. The van der Waals surface area contributed by atoms with Crippen LogP contribution in [0.3, 0.4) is 0 Å². The zero-order valence-corrected chi connectivity index (χ0v) is 11.0. The number of carbonyl (C=O) groups is 2. The van der Waals surface area contributed by atoms with Gasteiger partial charge in [-0.3, -0.25) is 4.90 Å². The Morgan fingerprint density at radius 1 is 1.44 bits per heavy atom. The van der Waals surface area contributed by atoms with Crippen LogP contribution in [-0.4, -0.2) is 53.1 Å². The predicted octanol–water partition coefficient (Wildman–Crippen LogP) is 1.08. The molecule has 1 saturated heterocycles. The summed E-state index contributed by atoms with van der Waals surface area (Å²) in [5.74, 6) is -1.08. The molecule has 0 spiro atoms. The first-order valence-electron chi connectivity index (χ1n) is 5.56. The number of rotatable bonds is 2. The molecular formula is C11H18N2O5. The van der Waals surface area contributed by atoms with Crippen LogP contribution in [0.25, 0.3) is 0 Å². The molecule has 0 bridgehead atoms. The summed E-state index contributed by atoms with van der Waals surface area (Å²) in [7, 11) is 1.37. The highest BCUT2D eigenvalue weighted by Crippen LogP contribution is 2.20. The van der Waals surface area contributed by atoms with E-state index in [1.807, 2.05) is 0 Å². The first-order chi connectivity index (χ1) is 8.24. The number of carboxylic acids is 1. The maximum atomic E-state index is 11.9. The number of ether oxygens (including phenoxy) is 1. The highest BCUT2D eigenvalue weighted by atomic mass is 16.6. The third kappa shape index (κ3) is 3.61. The number of nitrogens with zero attached hydrogens (tertiary/aromatic N) is 2. The SMILES string of the molecule is CON=C1C[C@H](C(=O)O)N(C(=O)OC(C)(C)C)C1. The zero-order valence-electron chi connectivity index (χ0n) is 11.0. The standard InChI is InChI=1S/C11H18N2O5/c1-11(2,3)18-10(16)13-6-7(12-17-4)5-8(13)9(14)15/h8H,5-6H2,1-4H3,(H,14,15)/t8-/m1/s1. The molecule has 1 amide bonds. The molecule has 7 heteroatoms. The maximum absolute atomic E-state index is 11.9. The monoisotopic (exact) mass is 258 g/mol. The van der Waals surface area contributed by atoms with Crippen molar-refractivity contribution >= 4 is 17.8 Å². The molecule has 0 aromatic rings. The van der Waals surface area contributed by atoms with Crippen molar-refractivity contribution in [2.24, 2.45) is 5.16 Å². The average Bonchev–Trinajstić information content (AvgIpc) is 2.59. The van der Waals surface area contributed by atoms with E-state index in [2.05, 4.69) is 9.99 Å². The summed E-state index contributed by atoms with van der Waals surface area (Å²) in [4.78, 5) is 28.7. The lowest BCUT2D eigenvalue weighted by atomic mass is 10.2. The first kappa shape index (κ1) is 14.3. The van der Waals surface area contributed by atoms with E-state index in [1.54, 1.807) is 20.8 Å². The summed E-state index contributed by atoms with van der Waals surface area (Å²) >= 11 is 0. The fourth-order valence-electron chi connectivity index (χ4n) is 1.63. The molecule has 0 aromatic carbocycles. The van der Waals surface area contributed by atoms with Crippen molar-refractivity contribution in [3.8, 4) is 0 Å². The van der Waals surface area contributed by atoms with Crippen LogP contribution >= 0.6 is 0 Å². The van der Waals surface area contributed by atoms with Crippen molar-refractivity contribution in [2.45, 2.75) is 38.8 Å². The van der Waals surface area contributed by atoms with Crippen molar-refractivity contribution in [3.63, 3.8) is 0 Å². The number of aliphatic carboxylic acids is 1. The summed E-state index contributed by atoms with van der Waals surface area (Å²) in [6.45, 7) is 5.28. The molecule has 102 valence electrons. The molecule has 1 aliphatic rings. The number of hydrogen-bond acceptors (Lipinski definition) is 5. The third-order valence-corrected chi connectivity index (χ3v) is 2.29. The van der Waals surface area contributed by atoms with Crippen LogP contribution in [-0.2, 0) is 14.4 Å². The molecule has 1 aliphatic heterocycles. The predicted molar refractivity (Wildman–Crippen MR) is 63.4 cm³/mol. The summed E-state index contributed by atoms with van der Waals surface area (Å²) in [6, 6.07) is -0.950. The largest absolute Gasteiger partial charge is 0.480 e. The van der Waals surface area contributed by atoms with Crippen LogP contribution in [0.1, 0.15) is 27.2 Å². The fourth-order valence-corrected chi connectivity index (χ4v) is 1.63. The van der Waals surface area contributed by atoms with E-state index < -0.39 is 23.7 Å². The minimum atomic E-state index is -1.08. The molecule has 0 aliphatic carbocycles. The van der Waals surface area contributed by atoms with Crippen molar-refractivity contribution in [1.29, 1.82) is 0 Å². The first-order valence-corrected chi connectivity index (χ1v) is 5.56. The summed E-state index contributed by atoms with van der Waals surface area (Å²) < 4.78 is 5.16. The fraction of sp³-hybridized carbons (Fsp3) is 0.727. The molecule has 18 heavy (non-hydrogen) atoms. The summed E-state index contributed by atoms with van der Waals surface area (Å²) in [6.07, 6.45) is -0.501. The Bertz CT molecular complexity index is 372. The molecule has 7 nitrogen and oxygen atoms in total. The van der Waals surface area contributed by atoms with Gasteiger partial charge >= 0.3 is 12.1 Å². The molecule has 0 aromatic heterocycles. The second kappa shape index (κ2) is 5.24. The summed E-state index contributed by atoms with van der Waals surface area (Å²) in [5.41, 5.74) is -0.155. The Kier molecular flexibility index (Phi) is 4.15. The van der Waals surface area contributed by atoms with Crippen LogP contribution in [0, 0.1) is 0 Å². The van der Waals surface area contributed by atoms with Crippen LogP contribution in [0.15, 0.2) is 5.16 Å². The number of oxime groups is 1. The second-order valence-electron chi connectivity index (χ2n) is 5.01. The maximum Gasteiger partial charge on any atom is 0.411 e. The van der Waals surface area contributed by atoms with Crippen LogP contribution in [0.5, 0.6) is 0 Å². The number of amides is 1. The average molecular weight is 258 g/mol. The zero-order chi connectivity index (χ0) is 13.9. The van der Waals surface area contributed by atoms with Gasteiger partial charge in [0.05, 0.1) is 12.3 Å². The van der Waals surface area contributed by atoms with E-state index in [9.17, 15) is 9.59 Å². The normalized spacial score (nSPS) is 22.1. The van der Waals surface area contributed by atoms with Crippen molar-refractivity contribution in [1.82, 2.24) is 4.90 Å². The summed E-state index contributed by atoms with van der Waals surface area (Å²) in [5, 5.41) is 12.8. The van der Waals surface area contributed by atoms with Gasteiger partial charge in [0.1, 0.15) is 18.8 Å². The Balaban J connectivity index is 2.82. The van der Waals surface area contributed by atoms with Gasteiger partial charge in [-0.2, -0.15) is 0 Å². The lowest BCUT2D eigenvalue weighted by Gasteiger charge is -2.26. The highest BCUT2D eigenvalue weighted by Gasteiger charge is 2.40. The number of carboxylic acid groups (broad SMARTS) is 1. The van der Waals surface area contributed by atoms with E-state index in [4.69, 9.17) is 9.84 Å². The van der Waals surface area contributed by atoms with Gasteiger partial charge in [-0.25, -0.2) is 9.59 Å². The van der Waals surface area contributed by atoms with Crippen molar-refractivity contribution in [2.75, 3.05) is 13.7 Å². The third-order valence-electron chi connectivity index (χ3n) is 2.29. The Hall–Kier alpha value is -1.79. The van der Waals surface area contributed by atoms with E-state index in [0.717, 1.165) is 4.90 Å². The minimum Gasteiger partial charge on any atom is -0.480 e. The molecular weight excluding hydrogens is 240 g/mol. The lowest BCUT2D eigenvalue weighted by molar-refractivity contribution is -0.142. The smallest absolute Gasteiger partial charge is 0.411 e. The van der Waals surface area contributed by atoms with Gasteiger partial charge in [0.15, 0.2) is 0 Å². The van der Waals surface area contributed by atoms with E-state index in [1.165, 1.54) is 7.11 Å². The van der Waals surface area contributed by atoms with E-state index in [-0.39, 0.29) is 13.0 Å². The number of hydrogen-bond donors (Lipinski definition) is 1. The highest BCUT2D eigenvalue weighted by molar-refractivity contribution is 5.98. The quantitative estimate of drug-likeness (QED) is 0.749. The molecule has 1 N–H and O–H groups in total. The van der Waals surface area contributed by atoms with Gasteiger partial charge in [-0.1, -0.05) is 5.16 Å². The minimum absolute atomic E-state index is 0.111. The van der Waals surface area contributed by atoms with E-state index >= 15 is 0 Å². The van der Waals surface area contributed by atoms with Gasteiger partial charge in [0.25, 0.3) is 0 Å². The van der Waals surface area contributed by atoms with Gasteiger partial charge < -0.3 is 14.7 Å². The van der Waals surface area contributed by atoms with Crippen LogP contribution in [0.4, 0.5) is 4.79 Å². The molecule has 1 rings (SSSR count). The number of likely N-dealkylation sites (tertiary alicyclic amines) is 1. The van der Waals surface area contributed by atoms with Crippen LogP contribution < -0.4 is 0 Å². The van der Waals surface area contributed by atoms with Crippen LogP contribution in [0.2, 0.25) is 0 Å². The van der Waals surface area contributed by atoms with Gasteiger partial charge in [0.2, 0.25) is 0 Å². The molecule has 1 atom stereocenters. The topological polar surface area (TPSA) is 88.4 Å². The van der Waals surface area contributed by atoms with Gasteiger partial charge in [-0.15, -0.1) is 0 Å². The van der Waals surface area contributed by atoms with Gasteiger partial charge in [-0.05, 0) is 20.8 Å². The molecule has 0 saturated carbocycles. The molecule has 0 unspecified atom stereocenters. The molecule has 1 fully saturated rings. The Morgan fingerprint density at radius 2 is 2.06 bits per heavy atom. The van der Waals surface area contributed by atoms with E-state index in [0.29, 0.717) is 5.71 Å². The van der Waals surface area contributed by atoms with Gasteiger partial charge in [0, 0.05) is 6.42 Å². The lowest BCUT2D eigenvalue weighted by Crippen LogP contribution is -2.43.